The van der Waals surface area contributed by atoms with E-state index in [1.807, 2.05) is 0 Å². The van der Waals surface area contributed by atoms with E-state index in [4.69, 9.17) is 0 Å². The molecule has 0 spiro atoms. The van der Waals surface area contributed by atoms with E-state index in [0.29, 0.717) is 10.9 Å². The molecule has 3 rings (SSSR count). The molecule has 0 aliphatic heterocycles. The van der Waals surface area contributed by atoms with Gasteiger partial charge in [-0.25, -0.2) is 18.0 Å². The Hall–Kier alpha value is -2.90. The summed E-state index contributed by atoms with van der Waals surface area (Å²) in [5, 5.41) is 0.608. The fraction of sp³-hybridized carbons (Fsp3) is 0. The molecule has 0 saturated carbocycles. The molecule has 23 heavy (non-hydrogen) atoms. The molecule has 0 atom stereocenters. The molecule has 0 saturated heterocycles. The number of fused-ring (bicyclic) bond motifs is 1. The lowest BCUT2D eigenvalue weighted by Gasteiger charge is -2.07. The Bertz CT molecular complexity index is 873. The molecular weight excluding hydrogens is 321 g/mol. The van der Waals surface area contributed by atoms with Crippen LogP contribution in [0.25, 0.3) is 10.9 Å². The monoisotopic (exact) mass is 327 g/mol. The van der Waals surface area contributed by atoms with Crippen molar-refractivity contribution in [3.05, 3.63) is 65.1 Å². The van der Waals surface area contributed by atoms with Gasteiger partial charge in [0.05, 0.1) is 0 Å². The molecule has 0 amide bonds. The van der Waals surface area contributed by atoms with Gasteiger partial charge in [-0.1, -0.05) is 18.2 Å². The fourth-order valence-electron chi connectivity index (χ4n) is 2.01. The zero-order chi connectivity index (χ0) is 16.7. The summed E-state index contributed by atoms with van der Waals surface area (Å²) < 4.78 is 70.3. The number of ether oxygens (including phenoxy) is 1. The third-order valence-electron chi connectivity index (χ3n) is 3.11. The SMILES string of the molecule is O=C(Oc1c(F)c(F)c(F)c(F)c1F)c1cc2ccccc2[nH]1. The van der Waals surface area contributed by atoms with Gasteiger partial charge in [-0.2, -0.15) is 8.78 Å². The lowest BCUT2D eigenvalue weighted by Crippen LogP contribution is -2.14. The minimum atomic E-state index is -2.33. The second-order valence-corrected chi connectivity index (χ2v) is 4.56. The van der Waals surface area contributed by atoms with Crippen molar-refractivity contribution < 1.29 is 31.5 Å². The Morgan fingerprint density at radius 1 is 0.870 bits per heavy atom. The average molecular weight is 327 g/mol. The third kappa shape index (κ3) is 2.41. The summed E-state index contributed by atoms with van der Waals surface area (Å²) in [4.78, 5) is 14.5. The molecular formula is C15H6F5NO2. The normalized spacial score (nSPS) is 11.0. The Kier molecular flexibility index (Phi) is 3.51. The molecule has 8 heteroatoms. The highest BCUT2D eigenvalue weighted by molar-refractivity contribution is 5.95. The van der Waals surface area contributed by atoms with Crippen molar-refractivity contribution in [3.8, 4) is 5.75 Å². The summed E-state index contributed by atoms with van der Waals surface area (Å²) in [5.41, 5.74) is 0.340. The minimum Gasteiger partial charge on any atom is -0.415 e. The number of para-hydroxylation sites is 1. The van der Waals surface area contributed by atoms with Crippen molar-refractivity contribution in [2.24, 2.45) is 0 Å². The van der Waals surface area contributed by atoms with Crippen LogP contribution in [-0.4, -0.2) is 11.0 Å². The minimum absolute atomic E-state index is 0.199. The van der Waals surface area contributed by atoms with E-state index in [1.165, 1.54) is 6.07 Å². The molecule has 3 aromatic rings. The molecule has 1 heterocycles. The van der Waals surface area contributed by atoms with Crippen LogP contribution in [0.1, 0.15) is 10.5 Å². The second-order valence-electron chi connectivity index (χ2n) is 4.56. The molecule has 1 N–H and O–H groups in total. The van der Waals surface area contributed by atoms with Crippen LogP contribution in [0.4, 0.5) is 22.0 Å². The van der Waals surface area contributed by atoms with Crippen LogP contribution >= 0.6 is 0 Å². The predicted octanol–water partition coefficient (Wildman–Crippen LogP) is 4.08. The molecule has 0 radical (unpaired) electrons. The van der Waals surface area contributed by atoms with Gasteiger partial charge in [0.15, 0.2) is 0 Å². The zero-order valence-corrected chi connectivity index (χ0v) is 11.1. The first kappa shape index (κ1) is 15.0. The molecule has 0 aliphatic carbocycles. The number of hydrogen-bond donors (Lipinski definition) is 1. The third-order valence-corrected chi connectivity index (χ3v) is 3.11. The summed E-state index contributed by atoms with van der Waals surface area (Å²) in [6.45, 7) is 0. The van der Waals surface area contributed by atoms with Crippen LogP contribution in [0.2, 0.25) is 0 Å². The van der Waals surface area contributed by atoms with Crippen LogP contribution in [0.3, 0.4) is 0 Å². The van der Waals surface area contributed by atoms with Crippen LogP contribution in [0.15, 0.2) is 30.3 Å². The molecule has 0 fully saturated rings. The molecule has 118 valence electrons. The van der Waals surface area contributed by atoms with E-state index in [9.17, 15) is 26.7 Å². The lowest BCUT2D eigenvalue weighted by atomic mass is 10.2. The van der Waals surface area contributed by atoms with Gasteiger partial charge in [-0.05, 0) is 12.1 Å². The number of esters is 1. The number of benzene rings is 2. The Labute approximate surface area is 125 Å². The number of carbonyl (C=O) groups excluding carboxylic acids is 1. The van der Waals surface area contributed by atoms with Crippen LogP contribution in [-0.2, 0) is 0 Å². The summed E-state index contributed by atoms with van der Waals surface area (Å²) in [6.07, 6.45) is 0. The number of H-pyrrole nitrogens is 1. The summed E-state index contributed by atoms with van der Waals surface area (Å²) in [7, 11) is 0. The van der Waals surface area contributed by atoms with E-state index in [0.717, 1.165) is 0 Å². The molecule has 0 bridgehead atoms. The topological polar surface area (TPSA) is 42.1 Å². The number of hydrogen-bond acceptors (Lipinski definition) is 2. The van der Waals surface area contributed by atoms with Crippen molar-refractivity contribution in [2.45, 2.75) is 0 Å². The summed E-state index contributed by atoms with van der Waals surface area (Å²) >= 11 is 0. The Morgan fingerprint density at radius 3 is 2.04 bits per heavy atom. The largest absolute Gasteiger partial charge is 0.415 e. The quantitative estimate of drug-likeness (QED) is 0.253. The maximum atomic E-state index is 13.5. The maximum Gasteiger partial charge on any atom is 0.360 e. The number of nitrogens with one attached hydrogen (secondary N) is 1. The summed E-state index contributed by atoms with van der Waals surface area (Å²) in [6, 6.07) is 7.97. The van der Waals surface area contributed by atoms with Gasteiger partial charge in [0.2, 0.25) is 34.8 Å². The van der Waals surface area contributed by atoms with Gasteiger partial charge < -0.3 is 9.72 Å². The van der Waals surface area contributed by atoms with E-state index in [-0.39, 0.29) is 5.69 Å². The lowest BCUT2D eigenvalue weighted by molar-refractivity contribution is 0.0711. The number of aromatic amines is 1. The van der Waals surface area contributed by atoms with Crippen molar-refractivity contribution >= 4 is 16.9 Å². The molecule has 3 nitrogen and oxygen atoms in total. The highest BCUT2D eigenvalue weighted by atomic mass is 19.2. The van der Waals surface area contributed by atoms with E-state index >= 15 is 0 Å². The molecule has 1 aromatic heterocycles. The van der Waals surface area contributed by atoms with Gasteiger partial charge >= 0.3 is 5.97 Å². The van der Waals surface area contributed by atoms with Crippen molar-refractivity contribution in [1.29, 1.82) is 0 Å². The highest BCUT2D eigenvalue weighted by Gasteiger charge is 2.29. The van der Waals surface area contributed by atoms with Gasteiger partial charge in [0.25, 0.3) is 0 Å². The first-order chi connectivity index (χ1) is 10.9. The van der Waals surface area contributed by atoms with E-state index in [2.05, 4.69) is 9.72 Å². The number of aromatic nitrogens is 1. The summed E-state index contributed by atoms with van der Waals surface area (Å²) in [5.74, 6) is -14.1. The molecule has 2 aromatic carbocycles. The van der Waals surface area contributed by atoms with Crippen LogP contribution in [0, 0.1) is 29.1 Å². The second kappa shape index (κ2) is 5.38. The number of halogens is 5. The molecule has 0 aliphatic rings. The predicted molar refractivity (Wildman–Crippen MR) is 69.5 cm³/mol. The van der Waals surface area contributed by atoms with Crippen LogP contribution in [0.5, 0.6) is 5.75 Å². The van der Waals surface area contributed by atoms with Crippen molar-refractivity contribution in [1.82, 2.24) is 4.98 Å². The first-order valence-corrected chi connectivity index (χ1v) is 6.21. The highest BCUT2D eigenvalue weighted by Crippen LogP contribution is 2.29. The van der Waals surface area contributed by atoms with Crippen LogP contribution < -0.4 is 4.74 Å². The fourth-order valence-corrected chi connectivity index (χ4v) is 2.01. The van der Waals surface area contributed by atoms with E-state index < -0.39 is 40.8 Å². The first-order valence-electron chi connectivity index (χ1n) is 6.21. The zero-order valence-electron chi connectivity index (χ0n) is 11.1. The van der Waals surface area contributed by atoms with E-state index in [1.54, 1.807) is 24.3 Å². The van der Waals surface area contributed by atoms with Crippen molar-refractivity contribution in [3.63, 3.8) is 0 Å². The van der Waals surface area contributed by atoms with Gasteiger partial charge in [-0.15, -0.1) is 0 Å². The smallest absolute Gasteiger partial charge is 0.360 e. The standard InChI is InChI=1S/C15H6F5NO2/c16-9-10(17)12(19)14(13(20)11(9)18)23-15(22)8-5-6-3-1-2-4-7(6)21-8/h1-5,21H. The molecule has 0 unspecified atom stereocenters. The average Bonchev–Trinajstić information content (AvgIpc) is 2.99. The van der Waals surface area contributed by atoms with Gasteiger partial charge in [-0.3, -0.25) is 0 Å². The number of carbonyl (C=O) groups is 1. The van der Waals surface area contributed by atoms with Gasteiger partial charge in [0, 0.05) is 10.9 Å². The van der Waals surface area contributed by atoms with Gasteiger partial charge in [0.1, 0.15) is 5.69 Å². The Balaban J connectivity index is 2.00. The number of rotatable bonds is 2. The van der Waals surface area contributed by atoms with Crippen molar-refractivity contribution in [2.75, 3.05) is 0 Å². The maximum absolute atomic E-state index is 13.5. The Morgan fingerprint density at radius 2 is 1.43 bits per heavy atom.